The van der Waals surface area contributed by atoms with E-state index in [4.69, 9.17) is 4.74 Å². The lowest BCUT2D eigenvalue weighted by atomic mass is 9.95. The molecule has 0 radical (unpaired) electrons. The maximum absolute atomic E-state index is 12.4. The standard InChI is InChI=1S/C12H22N2O2.ClH/c1-9-7-16-8-10(2)14(9)12(15)11-3-5-13-6-4-11;/h9-11,13H,3-8H2,1-2H3;1H. The quantitative estimate of drug-likeness (QED) is 0.768. The van der Waals surface area contributed by atoms with E-state index in [-0.39, 0.29) is 30.4 Å². The molecule has 0 aromatic rings. The van der Waals surface area contributed by atoms with Crippen LogP contribution in [0.25, 0.3) is 0 Å². The van der Waals surface area contributed by atoms with E-state index in [0.717, 1.165) is 25.9 Å². The van der Waals surface area contributed by atoms with Crippen molar-refractivity contribution < 1.29 is 9.53 Å². The third-order valence-electron chi connectivity index (χ3n) is 3.61. The zero-order valence-electron chi connectivity index (χ0n) is 10.6. The summed E-state index contributed by atoms with van der Waals surface area (Å²) >= 11 is 0. The summed E-state index contributed by atoms with van der Waals surface area (Å²) in [5.41, 5.74) is 0. The van der Waals surface area contributed by atoms with Crippen molar-refractivity contribution in [2.24, 2.45) is 5.92 Å². The summed E-state index contributed by atoms with van der Waals surface area (Å²) in [6.07, 6.45) is 1.96. The highest BCUT2D eigenvalue weighted by Gasteiger charge is 2.34. The molecule has 0 aliphatic carbocycles. The second kappa shape index (κ2) is 6.57. The van der Waals surface area contributed by atoms with E-state index in [1.54, 1.807) is 0 Å². The average molecular weight is 263 g/mol. The number of carbonyl (C=O) groups is 1. The van der Waals surface area contributed by atoms with Gasteiger partial charge in [0.1, 0.15) is 0 Å². The molecule has 2 atom stereocenters. The number of amides is 1. The number of rotatable bonds is 1. The molecule has 2 heterocycles. The molecule has 2 aliphatic rings. The van der Waals surface area contributed by atoms with E-state index < -0.39 is 0 Å². The summed E-state index contributed by atoms with van der Waals surface area (Å²) < 4.78 is 5.46. The first-order valence-electron chi connectivity index (χ1n) is 6.30. The fraction of sp³-hybridized carbons (Fsp3) is 0.917. The van der Waals surface area contributed by atoms with Gasteiger partial charge in [-0.25, -0.2) is 0 Å². The van der Waals surface area contributed by atoms with Crippen molar-refractivity contribution in [1.82, 2.24) is 10.2 Å². The van der Waals surface area contributed by atoms with Crippen LogP contribution in [0.15, 0.2) is 0 Å². The van der Waals surface area contributed by atoms with Crippen LogP contribution in [0, 0.1) is 5.92 Å². The van der Waals surface area contributed by atoms with Crippen molar-refractivity contribution in [2.45, 2.75) is 38.8 Å². The van der Waals surface area contributed by atoms with Gasteiger partial charge in [0.25, 0.3) is 0 Å². The third kappa shape index (κ3) is 3.33. The number of piperidine rings is 1. The molecule has 0 spiro atoms. The summed E-state index contributed by atoms with van der Waals surface area (Å²) in [6.45, 7) is 7.47. The Labute approximate surface area is 109 Å². The van der Waals surface area contributed by atoms with Gasteiger partial charge >= 0.3 is 0 Å². The zero-order valence-corrected chi connectivity index (χ0v) is 11.5. The van der Waals surface area contributed by atoms with Gasteiger partial charge in [-0.05, 0) is 39.8 Å². The first-order valence-corrected chi connectivity index (χ1v) is 6.30. The minimum Gasteiger partial charge on any atom is -0.377 e. The highest BCUT2D eigenvalue weighted by molar-refractivity contribution is 5.85. The number of nitrogens with zero attached hydrogens (tertiary/aromatic N) is 1. The van der Waals surface area contributed by atoms with Crippen molar-refractivity contribution in [2.75, 3.05) is 26.3 Å². The van der Waals surface area contributed by atoms with Gasteiger partial charge in [-0.3, -0.25) is 4.79 Å². The van der Waals surface area contributed by atoms with Crippen LogP contribution < -0.4 is 5.32 Å². The van der Waals surface area contributed by atoms with Crippen LogP contribution in [0.4, 0.5) is 0 Å². The van der Waals surface area contributed by atoms with Crippen molar-refractivity contribution in [3.8, 4) is 0 Å². The van der Waals surface area contributed by atoms with Gasteiger partial charge in [-0.15, -0.1) is 12.4 Å². The fourth-order valence-corrected chi connectivity index (χ4v) is 2.72. The number of carbonyl (C=O) groups excluding carboxylic acids is 1. The molecule has 100 valence electrons. The van der Waals surface area contributed by atoms with Gasteiger partial charge < -0.3 is 15.0 Å². The molecule has 4 nitrogen and oxygen atoms in total. The minimum atomic E-state index is 0. The fourth-order valence-electron chi connectivity index (χ4n) is 2.72. The molecule has 2 aliphatic heterocycles. The summed E-state index contributed by atoms with van der Waals surface area (Å²) in [6, 6.07) is 0.456. The first kappa shape index (κ1) is 14.7. The first-order chi connectivity index (χ1) is 7.70. The number of morpholine rings is 1. The van der Waals surface area contributed by atoms with Crippen molar-refractivity contribution in [3.63, 3.8) is 0 Å². The predicted octanol–water partition coefficient (Wildman–Crippen LogP) is 1.04. The molecule has 0 aromatic carbocycles. The SMILES string of the molecule is CC1COCC(C)N1C(=O)C1CCNCC1.Cl. The Morgan fingerprint density at radius 3 is 2.24 bits per heavy atom. The molecule has 2 rings (SSSR count). The molecular weight excluding hydrogens is 240 g/mol. The molecule has 17 heavy (non-hydrogen) atoms. The molecule has 1 N–H and O–H groups in total. The van der Waals surface area contributed by atoms with Crippen LogP contribution in [-0.4, -0.2) is 49.2 Å². The van der Waals surface area contributed by atoms with Crippen molar-refractivity contribution >= 4 is 18.3 Å². The molecule has 1 amide bonds. The van der Waals surface area contributed by atoms with Gasteiger partial charge in [0.05, 0.1) is 25.3 Å². The molecular formula is C12H23ClN2O2. The topological polar surface area (TPSA) is 41.6 Å². The van der Waals surface area contributed by atoms with E-state index in [2.05, 4.69) is 19.2 Å². The summed E-state index contributed by atoms with van der Waals surface area (Å²) in [5.74, 6) is 0.564. The highest BCUT2D eigenvalue weighted by Crippen LogP contribution is 2.21. The van der Waals surface area contributed by atoms with Gasteiger partial charge in [-0.2, -0.15) is 0 Å². The monoisotopic (exact) mass is 262 g/mol. The van der Waals surface area contributed by atoms with Gasteiger partial charge in [0, 0.05) is 5.92 Å². The number of hydrogen-bond acceptors (Lipinski definition) is 3. The molecule has 0 saturated carbocycles. The number of nitrogens with one attached hydrogen (secondary N) is 1. The second-order valence-electron chi connectivity index (χ2n) is 5.01. The van der Waals surface area contributed by atoms with Crippen LogP contribution in [-0.2, 0) is 9.53 Å². The maximum atomic E-state index is 12.4. The number of hydrogen-bond donors (Lipinski definition) is 1. The van der Waals surface area contributed by atoms with E-state index >= 15 is 0 Å². The molecule has 5 heteroatoms. The van der Waals surface area contributed by atoms with Crippen molar-refractivity contribution in [1.29, 1.82) is 0 Å². The van der Waals surface area contributed by atoms with Crippen LogP contribution in [0.5, 0.6) is 0 Å². The van der Waals surface area contributed by atoms with Gasteiger partial charge in [0.2, 0.25) is 5.91 Å². The Morgan fingerprint density at radius 1 is 1.18 bits per heavy atom. The number of halogens is 1. The van der Waals surface area contributed by atoms with Crippen LogP contribution in [0.1, 0.15) is 26.7 Å². The lowest BCUT2D eigenvalue weighted by Gasteiger charge is -2.41. The largest absolute Gasteiger partial charge is 0.377 e. The summed E-state index contributed by atoms with van der Waals surface area (Å²) in [5, 5.41) is 3.30. The Bertz CT molecular complexity index is 247. The Hall–Kier alpha value is -0.320. The minimum absolute atomic E-state index is 0. The molecule has 2 saturated heterocycles. The number of ether oxygens (including phenoxy) is 1. The average Bonchev–Trinajstić information content (AvgIpc) is 2.30. The van der Waals surface area contributed by atoms with E-state index in [0.29, 0.717) is 19.1 Å². The van der Waals surface area contributed by atoms with E-state index in [1.807, 2.05) is 4.90 Å². The second-order valence-corrected chi connectivity index (χ2v) is 5.01. The summed E-state index contributed by atoms with van der Waals surface area (Å²) in [7, 11) is 0. The maximum Gasteiger partial charge on any atom is 0.226 e. The molecule has 2 unspecified atom stereocenters. The summed E-state index contributed by atoms with van der Waals surface area (Å²) in [4.78, 5) is 14.5. The lowest BCUT2D eigenvalue weighted by molar-refractivity contribution is -0.149. The van der Waals surface area contributed by atoms with Crippen LogP contribution in [0.2, 0.25) is 0 Å². The van der Waals surface area contributed by atoms with Crippen LogP contribution >= 0.6 is 12.4 Å². The normalized spacial score (nSPS) is 30.8. The Morgan fingerprint density at radius 2 is 1.71 bits per heavy atom. The van der Waals surface area contributed by atoms with Gasteiger partial charge in [0.15, 0.2) is 0 Å². The predicted molar refractivity (Wildman–Crippen MR) is 69.4 cm³/mol. The zero-order chi connectivity index (χ0) is 11.5. The van der Waals surface area contributed by atoms with E-state index in [1.165, 1.54) is 0 Å². The third-order valence-corrected chi connectivity index (χ3v) is 3.61. The van der Waals surface area contributed by atoms with Crippen LogP contribution in [0.3, 0.4) is 0 Å². The smallest absolute Gasteiger partial charge is 0.226 e. The molecule has 0 bridgehead atoms. The molecule has 2 fully saturated rings. The lowest BCUT2D eigenvalue weighted by Crippen LogP contribution is -2.55. The van der Waals surface area contributed by atoms with E-state index in [9.17, 15) is 4.79 Å². The van der Waals surface area contributed by atoms with Crippen molar-refractivity contribution in [3.05, 3.63) is 0 Å². The highest BCUT2D eigenvalue weighted by atomic mass is 35.5. The molecule has 0 aromatic heterocycles. The Kier molecular flexibility index (Phi) is 5.70. The Balaban J connectivity index is 0.00000144. The van der Waals surface area contributed by atoms with Gasteiger partial charge in [-0.1, -0.05) is 0 Å².